The number of aldehydes is 1. The number of aliphatic hydroxyl groups is 1. The first kappa shape index (κ1) is 10.5. The lowest BCUT2D eigenvalue weighted by Crippen LogP contribution is -2.49. The zero-order chi connectivity index (χ0) is 10.6. The van der Waals surface area contributed by atoms with Gasteiger partial charge in [-0.3, -0.25) is 4.79 Å². The second kappa shape index (κ2) is 4.06. The molecular formula is C9H11NO4. The zero-order valence-electron chi connectivity index (χ0n) is 7.69. The van der Waals surface area contributed by atoms with E-state index in [1.165, 1.54) is 19.3 Å². The number of aliphatic hydroxyl groups excluding tert-OH is 1. The maximum absolute atomic E-state index is 10.9. The van der Waals surface area contributed by atoms with Gasteiger partial charge in [0.15, 0.2) is 11.8 Å². The Hall–Kier alpha value is -1.62. The van der Waals surface area contributed by atoms with E-state index in [-0.39, 0.29) is 5.76 Å². The topological polar surface area (TPSA) is 79.5 Å². The number of carbonyl (C=O) groups is 2. The molecule has 0 aliphatic rings. The van der Waals surface area contributed by atoms with E-state index in [2.05, 4.69) is 5.32 Å². The summed E-state index contributed by atoms with van der Waals surface area (Å²) in [5, 5.41) is 11.4. The van der Waals surface area contributed by atoms with Crippen LogP contribution < -0.4 is 5.32 Å². The number of amides is 1. The Bertz CT molecular complexity index is 320. The third-order valence-corrected chi connectivity index (χ3v) is 1.81. The summed E-state index contributed by atoms with van der Waals surface area (Å²) in [5.74, 6) is -0.201. The highest BCUT2D eigenvalue weighted by Gasteiger charge is 2.35. The Kier molecular flexibility index (Phi) is 3.03. The van der Waals surface area contributed by atoms with E-state index < -0.39 is 18.1 Å². The van der Waals surface area contributed by atoms with E-state index in [1.54, 1.807) is 6.07 Å². The lowest BCUT2D eigenvalue weighted by molar-refractivity contribution is -0.127. The van der Waals surface area contributed by atoms with Crippen molar-refractivity contribution >= 4 is 12.2 Å². The highest BCUT2D eigenvalue weighted by Crippen LogP contribution is 2.18. The molecule has 0 aromatic carbocycles. The van der Waals surface area contributed by atoms with E-state index in [0.717, 1.165) is 0 Å². The summed E-state index contributed by atoms with van der Waals surface area (Å²) in [6, 6.07) is 3.09. The SMILES string of the molecule is CC(=O)NC(C=O)(CO)c1ccco1. The molecule has 2 N–H and O–H groups in total. The minimum Gasteiger partial charge on any atom is -0.466 e. The summed E-state index contributed by atoms with van der Waals surface area (Å²) in [6.07, 6.45) is 1.82. The molecule has 1 aromatic rings. The maximum atomic E-state index is 10.9. The van der Waals surface area contributed by atoms with Gasteiger partial charge in [0.25, 0.3) is 0 Å². The molecule has 0 radical (unpaired) electrons. The average molecular weight is 197 g/mol. The van der Waals surface area contributed by atoms with Gasteiger partial charge in [0.2, 0.25) is 5.91 Å². The predicted molar refractivity (Wildman–Crippen MR) is 47.4 cm³/mol. The molecule has 0 saturated heterocycles. The van der Waals surface area contributed by atoms with Crippen LogP contribution in [0.15, 0.2) is 22.8 Å². The standard InChI is InChI=1S/C9H11NO4/c1-7(13)10-9(5-11,6-12)8-3-2-4-14-8/h2-5,12H,6H2,1H3,(H,10,13). The third kappa shape index (κ3) is 1.82. The fourth-order valence-corrected chi connectivity index (χ4v) is 1.15. The molecule has 1 atom stereocenters. The summed E-state index contributed by atoms with van der Waals surface area (Å²) in [5.41, 5.74) is -1.46. The molecule has 76 valence electrons. The average Bonchev–Trinajstić information content (AvgIpc) is 2.67. The fourth-order valence-electron chi connectivity index (χ4n) is 1.15. The molecule has 1 aromatic heterocycles. The largest absolute Gasteiger partial charge is 0.466 e. The molecule has 1 unspecified atom stereocenters. The number of rotatable bonds is 4. The van der Waals surface area contributed by atoms with Crippen molar-refractivity contribution in [3.05, 3.63) is 24.2 Å². The molecule has 0 bridgehead atoms. The number of nitrogens with one attached hydrogen (secondary N) is 1. The molecule has 0 spiro atoms. The molecule has 0 aliphatic carbocycles. The summed E-state index contributed by atoms with van der Waals surface area (Å²) in [6.45, 7) is 0.723. The zero-order valence-corrected chi connectivity index (χ0v) is 7.69. The maximum Gasteiger partial charge on any atom is 0.218 e. The van der Waals surface area contributed by atoms with Gasteiger partial charge >= 0.3 is 0 Å². The first-order valence-corrected chi connectivity index (χ1v) is 4.04. The van der Waals surface area contributed by atoms with Gasteiger partial charge in [-0.15, -0.1) is 0 Å². The summed E-state index contributed by atoms with van der Waals surface area (Å²) >= 11 is 0. The van der Waals surface area contributed by atoms with Crippen molar-refractivity contribution < 1.29 is 19.1 Å². The smallest absolute Gasteiger partial charge is 0.218 e. The predicted octanol–water partition coefficient (Wildman–Crippen LogP) is -0.198. The van der Waals surface area contributed by atoms with Crippen molar-refractivity contribution in [3.63, 3.8) is 0 Å². The van der Waals surface area contributed by atoms with Crippen molar-refractivity contribution in [2.45, 2.75) is 12.5 Å². The first-order chi connectivity index (χ1) is 6.64. The molecular weight excluding hydrogens is 186 g/mol. The van der Waals surface area contributed by atoms with Gasteiger partial charge in [0, 0.05) is 6.92 Å². The van der Waals surface area contributed by atoms with Gasteiger partial charge in [-0.2, -0.15) is 0 Å². The van der Waals surface area contributed by atoms with Crippen LogP contribution in [0.1, 0.15) is 12.7 Å². The van der Waals surface area contributed by atoms with Crippen molar-refractivity contribution in [1.82, 2.24) is 5.32 Å². The quantitative estimate of drug-likeness (QED) is 0.655. The van der Waals surface area contributed by atoms with E-state index >= 15 is 0 Å². The third-order valence-electron chi connectivity index (χ3n) is 1.81. The highest BCUT2D eigenvalue weighted by atomic mass is 16.3. The van der Waals surface area contributed by atoms with Gasteiger partial charge in [0.1, 0.15) is 5.76 Å². The van der Waals surface area contributed by atoms with E-state index in [1.807, 2.05) is 0 Å². The molecule has 0 aliphatic heterocycles. The molecule has 1 heterocycles. The minimum atomic E-state index is -1.46. The van der Waals surface area contributed by atoms with Crippen molar-refractivity contribution in [2.75, 3.05) is 6.61 Å². The first-order valence-electron chi connectivity index (χ1n) is 4.04. The molecule has 1 amide bonds. The van der Waals surface area contributed by atoms with Gasteiger partial charge in [-0.25, -0.2) is 0 Å². The second-order valence-corrected chi connectivity index (χ2v) is 2.91. The molecule has 14 heavy (non-hydrogen) atoms. The van der Waals surface area contributed by atoms with Crippen LogP contribution in [-0.4, -0.2) is 23.9 Å². The van der Waals surface area contributed by atoms with Gasteiger partial charge in [-0.05, 0) is 12.1 Å². The van der Waals surface area contributed by atoms with Crippen LogP contribution in [0.4, 0.5) is 0 Å². The molecule has 0 saturated carbocycles. The summed E-state index contributed by atoms with van der Waals surface area (Å²) in [7, 11) is 0. The van der Waals surface area contributed by atoms with Gasteiger partial charge < -0.3 is 19.6 Å². The fraction of sp³-hybridized carbons (Fsp3) is 0.333. The van der Waals surface area contributed by atoms with Crippen molar-refractivity contribution in [1.29, 1.82) is 0 Å². The number of carbonyl (C=O) groups excluding carboxylic acids is 2. The normalized spacial score (nSPS) is 14.4. The summed E-state index contributed by atoms with van der Waals surface area (Å²) < 4.78 is 4.98. The van der Waals surface area contributed by atoms with Crippen LogP contribution in [0.3, 0.4) is 0 Å². The van der Waals surface area contributed by atoms with Crippen molar-refractivity contribution in [2.24, 2.45) is 0 Å². The minimum absolute atomic E-state index is 0.213. The Morgan fingerprint density at radius 1 is 1.79 bits per heavy atom. The van der Waals surface area contributed by atoms with Crippen LogP contribution in [-0.2, 0) is 15.1 Å². The van der Waals surface area contributed by atoms with Gasteiger partial charge in [-0.1, -0.05) is 0 Å². The molecule has 5 heteroatoms. The van der Waals surface area contributed by atoms with E-state index in [4.69, 9.17) is 9.52 Å². The molecule has 5 nitrogen and oxygen atoms in total. The molecule has 0 fully saturated rings. The van der Waals surface area contributed by atoms with E-state index in [0.29, 0.717) is 6.29 Å². The Morgan fingerprint density at radius 3 is 2.86 bits per heavy atom. The number of hydrogen-bond acceptors (Lipinski definition) is 4. The second-order valence-electron chi connectivity index (χ2n) is 2.91. The van der Waals surface area contributed by atoms with Gasteiger partial charge in [0.05, 0.1) is 12.9 Å². The van der Waals surface area contributed by atoms with Crippen molar-refractivity contribution in [3.8, 4) is 0 Å². The number of furan rings is 1. The monoisotopic (exact) mass is 197 g/mol. The summed E-state index contributed by atoms with van der Waals surface area (Å²) in [4.78, 5) is 21.7. The van der Waals surface area contributed by atoms with E-state index in [9.17, 15) is 9.59 Å². The lowest BCUT2D eigenvalue weighted by Gasteiger charge is -2.23. The highest BCUT2D eigenvalue weighted by molar-refractivity contribution is 5.80. The number of hydrogen-bond donors (Lipinski definition) is 2. The molecule has 1 rings (SSSR count). The Balaban J connectivity index is 3.03. The Morgan fingerprint density at radius 2 is 2.50 bits per heavy atom. The van der Waals surface area contributed by atoms with Crippen LogP contribution in [0.5, 0.6) is 0 Å². The Labute approximate surface area is 80.7 Å². The lowest BCUT2D eigenvalue weighted by atomic mass is 9.99. The van der Waals surface area contributed by atoms with Crippen LogP contribution in [0.25, 0.3) is 0 Å². The van der Waals surface area contributed by atoms with Crippen LogP contribution in [0.2, 0.25) is 0 Å². The van der Waals surface area contributed by atoms with Crippen LogP contribution >= 0.6 is 0 Å². The van der Waals surface area contributed by atoms with Crippen LogP contribution in [0, 0.1) is 0 Å².